The van der Waals surface area contributed by atoms with Gasteiger partial charge in [-0.25, -0.2) is 10.4 Å². The first-order chi connectivity index (χ1) is 13.0. The van der Waals surface area contributed by atoms with Crippen LogP contribution in [0.4, 0.5) is 5.69 Å². The molecule has 2 aromatic carbocycles. The molecule has 27 heavy (non-hydrogen) atoms. The Labute approximate surface area is 159 Å². The molecule has 0 saturated carbocycles. The van der Waals surface area contributed by atoms with Crippen LogP contribution in [0.25, 0.3) is 0 Å². The number of benzene rings is 2. The Morgan fingerprint density at radius 2 is 1.63 bits per heavy atom. The lowest BCUT2D eigenvalue weighted by Crippen LogP contribution is -2.43. The van der Waals surface area contributed by atoms with Crippen LogP contribution in [0.15, 0.2) is 54.6 Å². The number of nitrogens with zero attached hydrogens (tertiary/aromatic N) is 3. The van der Waals surface area contributed by atoms with E-state index in [0.29, 0.717) is 6.54 Å². The fourth-order valence-corrected chi connectivity index (χ4v) is 4.00. The van der Waals surface area contributed by atoms with Crippen molar-refractivity contribution < 1.29 is 9.59 Å². The van der Waals surface area contributed by atoms with Crippen LogP contribution in [0.5, 0.6) is 0 Å². The molecule has 0 spiro atoms. The van der Waals surface area contributed by atoms with Crippen LogP contribution >= 0.6 is 0 Å². The molecule has 0 aliphatic carbocycles. The summed E-state index contributed by atoms with van der Waals surface area (Å²) in [5, 5.41) is 1.92. The third kappa shape index (κ3) is 3.01. The number of likely N-dealkylation sites (N-methyl/N-ethyl adjacent to an activating group) is 1. The van der Waals surface area contributed by atoms with Gasteiger partial charge in [-0.1, -0.05) is 42.5 Å². The van der Waals surface area contributed by atoms with Crippen LogP contribution in [-0.2, 0) is 16.1 Å². The average Bonchev–Trinajstić information content (AvgIpc) is 3.15. The molecule has 6 nitrogen and oxygen atoms in total. The number of fused-ring (bicyclic) bond motifs is 1. The van der Waals surface area contributed by atoms with Crippen LogP contribution in [0.2, 0.25) is 0 Å². The molecular weight excluding hydrogens is 340 g/mol. The highest BCUT2D eigenvalue weighted by Gasteiger charge is 2.57. The van der Waals surface area contributed by atoms with E-state index in [1.807, 2.05) is 78.6 Å². The fraction of sp³-hybridized carbons (Fsp3) is 0.333. The number of likely N-dealkylation sites (tertiary alicyclic amines) is 1. The molecule has 2 amide bonds. The van der Waals surface area contributed by atoms with Gasteiger partial charge in [-0.2, -0.15) is 0 Å². The van der Waals surface area contributed by atoms with E-state index in [-0.39, 0.29) is 17.9 Å². The minimum absolute atomic E-state index is 0.116. The van der Waals surface area contributed by atoms with Crippen molar-refractivity contribution in [1.82, 2.24) is 15.3 Å². The van der Waals surface area contributed by atoms with Crippen molar-refractivity contribution in [1.29, 1.82) is 0 Å². The third-order valence-corrected chi connectivity index (χ3v) is 5.50. The summed E-state index contributed by atoms with van der Waals surface area (Å²) in [6.07, 6.45) is 0. The van der Waals surface area contributed by atoms with E-state index >= 15 is 0 Å². The number of rotatable bonds is 4. The number of hydrogen-bond donors (Lipinski definition) is 1. The predicted octanol–water partition coefficient (Wildman–Crippen LogP) is 1.80. The van der Waals surface area contributed by atoms with Gasteiger partial charge in [0.05, 0.1) is 12.0 Å². The molecule has 0 aromatic heterocycles. The zero-order valence-electron chi connectivity index (χ0n) is 15.8. The van der Waals surface area contributed by atoms with Crippen molar-refractivity contribution in [3.8, 4) is 0 Å². The van der Waals surface area contributed by atoms with Crippen molar-refractivity contribution >= 4 is 17.5 Å². The van der Waals surface area contributed by atoms with E-state index in [0.717, 1.165) is 16.8 Å². The maximum atomic E-state index is 12.8. The second-order valence-corrected chi connectivity index (χ2v) is 7.41. The molecule has 3 atom stereocenters. The topological polar surface area (TPSA) is 55.9 Å². The van der Waals surface area contributed by atoms with Gasteiger partial charge in [0, 0.05) is 33.4 Å². The lowest BCUT2D eigenvalue weighted by atomic mass is 9.90. The first-order valence-electron chi connectivity index (χ1n) is 9.13. The van der Waals surface area contributed by atoms with Crippen molar-refractivity contribution in [2.75, 3.05) is 26.0 Å². The number of carbonyl (C=O) groups is 2. The molecule has 2 aliphatic heterocycles. The van der Waals surface area contributed by atoms with E-state index in [1.165, 1.54) is 4.90 Å². The van der Waals surface area contributed by atoms with E-state index in [2.05, 4.69) is 5.43 Å². The maximum Gasteiger partial charge on any atom is 0.248 e. The van der Waals surface area contributed by atoms with Crippen molar-refractivity contribution in [2.45, 2.75) is 18.6 Å². The van der Waals surface area contributed by atoms with E-state index < -0.39 is 12.0 Å². The van der Waals surface area contributed by atoms with Gasteiger partial charge in [-0.3, -0.25) is 14.5 Å². The van der Waals surface area contributed by atoms with Gasteiger partial charge >= 0.3 is 0 Å². The van der Waals surface area contributed by atoms with Gasteiger partial charge < -0.3 is 4.90 Å². The smallest absolute Gasteiger partial charge is 0.248 e. The second-order valence-electron chi connectivity index (χ2n) is 7.41. The first-order valence-corrected chi connectivity index (χ1v) is 9.13. The number of anilines is 1. The van der Waals surface area contributed by atoms with E-state index in [9.17, 15) is 9.59 Å². The summed E-state index contributed by atoms with van der Waals surface area (Å²) >= 11 is 0. The SMILES string of the molecule is CN1C(=O)[C@@H]2[C@H](c3ccc(N(C)C)cc3)NN(Cc3ccccc3)[C@H]2C1=O. The minimum atomic E-state index is -0.471. The Kier molecular flexibility index (Phi) is 4.45. The summed E-state index contributed by atoms with van der Waals surface area (Å²) in [7, 11) is 5.57. The number of hydrogen-bond acceptors (Lipinski definition) is 5. The molecule has 2 aliphatic rings. The summed E-state index contributed by atoms with van der Waals surface area (Å²) in [6.45, 7) is 0.571. The van der Waals surface area contributed by atoms with Gasteiger partial charge in [0.1, 0.15) is 6.04 Å². The highest BCUT2D eigenvalue weighted by molar-refractivity contribution is 6.07. The Hall–Kier alpha value is -2.70. The molecule has 0 radical (unpaired) electrons. The molecular formula is C21H24N4O2. The summed E-state index contributed by atoms with van der Waals surface area (Å²) in [5.74, 6) is -0.660. The first kappa shape index (κ1) is 17.7. The zero-order chi connectivity index (χ0) is 19.1. The number of carbonyl (C=O) groups excluding carboxylic acids is 2. The molecule has 6 heteroatoms. The Morgan fingerprint density at radius 1 is 0.963 bits per heavy atom. The van der Waals surface area contributed by atoms with Crippen LogP contribution < -0.4 is 10.3 Å². The quantitative estimate of drug-likeness (QED) is 0.839. The lowest BCUT2D eigenvalue weighted by Gasteiger charge is -2.24. The van der Waals surface area contributed by atoms with Crippen LogP contribution in [-0.4, -0.2) is 48.9 Å². The Bertz CT molecular complexity index is 850. The fourth-order valence-electron chi connectivity index (χ4n) is 4.00. The molecule has 0 unspecified atom stereocenters. The molecule has 2 fully saturated rings. The molecule has 1 N–H and O–H groups in total. The Morgan fingerprint density at radius 3 is 2.26 bits per heavy atom. The molecule has 2 heterocycles. The van der Waals surface area contributed by atoms with Crippen LogP contribution in [0.1, 0.15) is 17.2 Å². The van der Waals surface area contributed by atoms with Crippen molar-refractivity contribution in [3.05, 3.63) is 65.7 Å². The summed E-state index contributed by atoms with van der Waals surface area (Å²) in [5.41, 5.74) is 6.65. The highest BCUT2D eigenvalue weighted by Crippen LogP contribution is 2.40. The standard InChI is InChI=1S/C21H24N4O2/c1-23(2)16-11-9-15(10-12-16)18-17-19(21(27)24(3)20(17)26)25(22-18)13-14-7-5-4-6-8-14/h4-12,17-19,22H,13H2,1-3H3/t17-,18+,19-/m1/s1. The summed E-state index contributed by atoms with van der Waals surface area (Å²) in [6, 6.07) is 17.4. The zero-order valence-corrected chi connectivity index (χ0v) is 15.8. The van der Waals surface area contributed by atoms with Gasteiger partial charge in [0.25, 0.3) is 0 Å². The lowest BCUT2D eigenvalue weighted by molar-refractivity contribution is -0.139. The number of imide groups is 1. The molecule has 2 saturated heterocycles. The number of nitrogens with one attached hydrogen (secondary N) is 1. The van der Waals surface area contributed by atoms with Crippen molar-refractivity contribution in [2.24, 2.45) is 5.92 Å². The largest absolute Gasteiger partial charge is 0.378 e. The second kappa shape index (κ2) is 6.79. The number of hydrazine groups is 1. The van der Waals surface area contributed by atoms with E-state index in [4.69, 9.17) is 0 Å². The Balaban J connectivity index is 1.66. The van der Waals surface area contributed by atoms with Crippen LogP contribution in [0, 0.1) is 5.92 Å². The van der Waals surface area contributed by atoms with Gasteiger partial charge in [0.2, 0.25) is 11.8 Å². The minimum Gasteiger partial charge on any atom is -0.378 e. The summed E-state index contributed by atoms with van der Waals surface area (Å²) in [4.78, 5) is 28.8. The molecule has 4 rings (SSSR count). The molecule has 140 valence electrons. The molecule has 0 bridgehead atoms. The molecule has 2 aromatic rings. The normalized spacial score (nSPS) is 25.1. The van der Waals surface area contributed by atoms with Crippen LogP contribution in [0.3, 0.4) is 0 Å². The van der Waals surface area contributed by atoms with Gasteiger partial charge in [-0.05, 0) is 23.3 Å². The monoisotopic (exact) mass is 364 g/mol. The van der Waals surface area contributed by atoms with Gasteiger partial charge in [-0.15, -0.1) is 0 Å². The van der Waals surface area contributed by atoms with Crippen molar-refractivity contribution in [3.63, 3.8) is 0 Å². The van der Waals surface area contributed by atoms with Gasteiger partial charge in [0.15, 0.2) is 0 Å². The third-order valence-electron chi connectivity index (χ3n) is 5.50. The highest BCUT2D eigenvalue weighted by atomic mass is 16.2. The number of amides is 2. The maximum absolute atomic E-state index is 12.8. The predicted molar refractivity (Wildman–Crippen MR) is 104 cm³/mol. The summed E-state index contributed by atoms with van der Waals surface area (Å²) < 4.78 is 0. The van der Waals surface area contributed by atoms with E-state index in [1.54, 1.807) is 7.05 Å². The average molecular weight is 364 g/mol.